The lowest BCUT2D eigenvalue weighted by molar-refractivity contribution is 0.174. The fourth-order valence-electron chi connectivity index (χ4n) is 4.10. The molecule has 2 nitrogen and oxygen atoms in total. The van der Waals surface area contributed by atoms with Crippen LogP contribution in [0.2, 0.25) is 0 Å². The third-order valence-electron chi connectivity index (χ3n) is 5.54. The molecule has 23 heavy (non-hydrogen) atoms. The number of nitrogens with zero attached hydrogens (tertiary/aromatic N) is 2. The third-order valence-corrected chi connectivity index (χ3v) is 5.54. The van der Waals surface area contributed by atoms with E-state index in [1.165, 1.54) is 74.6 Å². The summed E-state index contributed by atoms with van der Waals surface area (Å²) in [5.41, 5.74) is 2.81. The number of piperidine rings is 1. The van der Waals surface area contributed by atoms with Crippen LogP contribution in [0.25, 0.3) is 10.9 Å². The van der Waals surface area contributed by atoms with Crippen LogP contribution >= 0.6 is 0 Å². The molecule has 0 saturated carbocycles. The Hall–Kier alpha value is -1.28. The molecule has 2 aromatic rings. The normalized spacial score (nSPS) is 17.1. The summed E-state index contributed by atoms with van der Waals surface area (Å²) >= 11 is 0. The first-order chi connectivity index (χ1) is 11.3. The van der Waals surface area contributed by atoms with E-state index in [-0.39, 0.29) is 0 Å². The molecule has 126 valence electrons. The average Bonchev–Trinajstić information content (AvgIpc) is 2.99. The van der Waals surface area contributed by atoms with Crippen molar-refractivity contribution in [1.29, 1.82) is 0 Å². The van der Waals surface area contributed by atoms with Gasteiger partial charge in [-0.1, -0.05) is 44.4 Å². The highest BCUT2D eigenvalue weighted by molar-refractivity contribution is 5.83. The van der Waals surface area contributed by atoms with E-state index in [1.54, 1.807) is 0 Å². The van der Waals surface area contributed by atoms with Crippen molar-refractivity contribution in [3.05, 3.63) is 36.0 Å². The number of para-hydroxylation sites is 1. The van der Waals surface area contributed by atoms with Crippen molar-refractivity contribution >= 4 is 10.9 Å². The van der Waals surface area contributed by atoms with Gasteiger partial charge in [0.05, 0.1) is 5.52 Å². The van der Waals surface area contributed by atoms with E-state index < -0.39 is 0 Å². The summed E-state index contributed by atoms with van der Waals surface area (Å²) in [6, 6.07) is 8.85. The summed E-state index contributed by atoms with van der Waals surface area (Å²) < 4.78 is 2.44. The second-order valence-corrected chi connectivity index (χ2v) is 7.30. The summed E-state index contributed by atoms with van der Waals surface area (Å²) in [6.45, 7) is 9.57. The second-order valence-electron chi connectivity index (χ2n) is 7.30. The maximum Gasteiger partial charge on any atom is 0.0509 e. The minimum Gasteiger partial charge on any atom is -0.347 e. The minimum atomic E-state index is 1.00. The summed E-state index contributed by atoms with van der Waals surface area (Å²) in [6.07, 6.45) is 10.6. The fraction of sp³-hybridized carbons (Fsp3) is 0.619. The van der Waals surface area contributed by atoms with E-state index in [0.717, 1.165) is 12.5 Å². The van der Waals surface area contributed by atoms with Crippen LogP contribution in [0.5, 0.6) is 0 Å². The minimum absolute atomic E-state index is 1.00. The summed E-state index contributed by atoms with van der Waals surface area (Å²) in [5, 5.41) is 1.38. The average molecular weight is 313 g/mol. The largest absolute Gasteiger partial charge is 0.347 e. The number of hydrogen-bond acceptors (Lipinski definition) is 1. The molecule has 0 amide bonds. The van der Waals surface area contributed by atoms with Crippen LogP contribution in [0.4, 0.5) is 0 Å². The summed E-state index contributed by atoms with van der Waals surface area (Å²) in [4.78, 5) is 2.68. The van der Waals surface area contributed by atoms with Gasteiger partial charge in [0, 0.05) is 12.7 Å². The first-order valence-corrected chi connectivity index (χ1v) is 9.54. The summed E-state index contributed by atoms with van der Waals surface area (Å²) in [7, 11) is 0. The number of fused-ring (bicyclic) bond motifs is 1. The number of rotatable bonds is 7. The van der Waals surface area contributed by atoms with E-state index in [2.05, 4.69) is 53.8 Å². The first-order valence-electron chi connectivity index (χ1n) is 9.54. The number of hydrogen-bond donors (Lipinski definition) is 0. The smallest absolute Gasteiger partial charge is 0.0509 e. The van der Waals surface area contributed by atoms with Crippen LogP contribution in [0.15, 0.2) is 30.5 Å². The number of likely N-dealkylation sites (tertiary alicyclic amines) is 1. The van der Waals surface area contributed by atoms with E-state index in [1.807, 2.05) is 0 Å². The van der Waals surface area contributed by atoms with E-state index in [9.17, 15) is 0 Å². The highest BCUT2D eigenvalue weighted by Gasteiger charge is 2.18. The van der Waals surface area contributed by atoms with Crippen LogP contribution in [0.1, 0.15) is 51.0 Å². The summed E-state index contributed by atoms with van der Waals surface area (Å²) in [5.74, 6) is 1.00. The first kappa shape index (κ1) is 16.6. The quantitative estimate of drug-likeness (QED) is 0.678. The highest BCUT2D eigenvalue weighted by atomic mass is 15.1. The van der Waals surface area contributed by atoms with Crippen LogP contribution < -0.4 is 0 Å². The molecule has 0 aliphatic carbocycles. The van der Waals surface area contributed by atoms with Crippen molar-refractivity contribution in [2.75, 3.05) is 19.6 Å². The number of unbranched alkanes of at least 4 members (excludes halogenated alkanes) is 1. The van der Waals surface area contributed by atoms with Gasteiger partial charge in [-0.05, 0) is 68.8 Å². The van der Waals surface area contributed by atoms with Crippen molar-refractivity contribution in [2.24, 2.45) is 5.92 Å². The van der Waals surface area contributed by atoms with Crippen molar-refractivity contribution in [1.82, 2.24) is 9.47 Å². The predicted molar refractivity (Wildman–Crippen MR) is 100.0 cm³/mol. The maximum absolute atomic E-state index is 2.68. The van der Waals surface area contributed by atoms with Crippen LogP contribution in [0.3, 0.4) is 0 Å². The monoisotopic (exact) mass is 312 g/mol. The van der Waals surface area contributed by atoms with Gasteiger partial charge < -0.3 is 9.47 Å². The molecule has 2 heteroatoms. The van der Waals surface area contributed by atoms with Gasteiger partial charge >= 0.3 is 0 Å². The van der Waals surface area contributed by atoms with E-state index >= 15 is 0 Å². The van der Waals surface area contributed by atoms with Crippen molar-refractivity contribution in [3.8, 4) is 0 Å². The molecule has 2 heterocycles. The Kier molecular flexibility index (Phi) is 5.77. The predicted octanol–water partition coefficient (Wildman–Crippen LogP) is 5.24. The van der Waals surface area contributed by atoms with Crippen LogP contribution in [-0.2, 0) is 6.54 Å². The molecule has 1 saturated heterocycles. The Labute approximate surface area is 141 Å². The van der Waals surface area contributed by atoms with Crippen molar-refractivity contribution in [3.63, 3.8) is 0 Å². The lowest BCUT2D eigenvalue weighted by atomic mass is 9.91. The molecule has 0 bridgehead atoms. The molecule has 1 aliphatic heterocycles. The molecule has 1 fully saturated rings. The lowest BCUT2D eigenvalue weighted by Crippen LogP contribution is -2.34. The van der Waals surface area contributed by atoms with Gasteiger partial charge in [-0.3, -0.25) is 0 Å². The molecular weight excluding hydrogens is 280 g/mol. The lowest BCUT2D eigenvalue weighted by Gasteiger charge is -2.32. The van der Waals surface area contributed by atoms with Gasteiger partial charge in [0.2, 0.25) is 0 Å². The number of benzene rings is 1. The van der Waals surface area contributed by atoms with Gasteiger partial charge in [-0.25, -0.2) is 0 Å². The third kappa shape index (κ3) is 4.17. The Morgan fingerprint density at radius 3 is 2.65 bits per heavy atom. The number of aromatic nitrogens is 1. The zero-order valence-electron chi connectivity index (χ0n) is 14.9. The molecular formula is C21H32N2. The van der Waals surface area contributed by atoms with Gasteiger partial charge in [0.15, 0.2) is 0 Å². The zero-order chi connectivity index (χ0) is 16.1. The molecule has 0 unspecified atom stereocenters. The SMILES string of the molecule is CCCCC1CCN(CCCn2ccc3cccc(C)c32)CC1. The standard InChI is InChI=1S/C21H32N2/c1-3-4-8-19-10-15-22(16-11-19)13-6-14-23-17-12-20-9-5-7-18(2)21(20)23/h5,7,9,12,17,19H,3-4,6,8,10-11,13-16H2,1-2H3. The Morgan fingerprint density at radius 2 is 1.87 bits per heavy atom. The maximum atomic E-state index is 2.68. The molecule has 1 aromatic heterocycles. The van der Waals surface area contributed by atoms with E-state index in [0.29, 0.717) is 0 Å². The second kappa shape index (κ2) is 8.01. The topological polar surface area (TPSA) is 8.17 Å². The number of aryl methyl sites for hydroxylation is 2. The van der Waals surface area contributed by atoms with Gasteiger partial charge in [0.1, 0.15) is 0 Å². The Balaban J connectivity index is 1.45. The molecule has 0 N–H and O–H groups in total. The molecule has 1 aliphatic rings. The molecule has 1 aromatic carbocycles. The van der Waals surface area contributed by atoms with Crippen molar-refractivity contribution in [2.45, 2.75) is 58.9 Å². The van der Waals surface area contributed by atoms with Crippen LogP contribution in [0, 0.1) is 12.8 Å². The van der Waals surface area contributed by atoms with Crippen molar-refractivity contribution < 1.29 is 0 Å². The molecule has 0 spiro atoms. The Bertz CT molecular complexity index is 605. The fourth-order valence-corrected chi connectivity index (χ4v) is 4.10. The Morgan fingerprint density at radius 1 is 1.04 bits per heavy atom. The zero-order valence-corrected chi connectivity index (χ0v) is 14.9. The van der Waals surface area contributed by atoms with Gasteiger partial charge in [-0.2, -0.15) is 0 Å². The highest BCUT2D eigenvalue weighted by Crippen LogP contribution is 2.23. The van der Waals surface area contributed by atoms with Crippen LogP contribution in [-0.4, -0.2) is 29.1 Å². The van der Waals surface area contributed by atoms with Gasteiger partial charge in [0.25, 0.3) is 0 Å². The molecule has 0 radical (unpaired) electrons. The van der Waals surface area contributed by atoms with Gasteiger partial charge in [-0.15, -0.1) is 0 Å². The molecule has 0 atom stereocenters. The van der Waals surface area contributed by atoms with E-state index in [4.69, 9.17) is 0 Å². The molecule has 3 rings (SSSR count).